The lowest BCUT2D eigenvalue weighted by Gasteiger charge is -2.24. The van der Waals surface area contributed by atoms with Crippen molar-refractivity contribution in [2.24, 2.45) is 0 Å². The monoisotopic (exact) mass is 399 g/mol. The van der Waals surface area contributed by atoms with Gasteiger partial charge in [0.15, 0.2) is 0 Å². The van der Waals surface area contributed by atoms with Crippen molar-refractivity contribution in [3.63, 3.8) is 0 Å². The first kappa shape index (κ1) is 20.3. The number of pyridine rings is 1. The van der Waals surface area contributed by atoms with E-state index in [1.807, 2.05) is 32.2 Å². The molecule has 0 spiro atoms. The van der Waals surface area contributed by atoms with Gasteiger partial charge in [-0.25, -0.2) is 13.1 Å². The summed E-state index contributed by atoms with van der Waals surface area (Å²) in [4.78, 5) is 16.4. The van der Waals surface area contributed by atoms with Gasteiger partial charge in [-0.15, -0.1) is 0 Å². The third-order valence-corrected chi connectivity index (χ3v) is 6.17. The SMILES string of the molecule is CC[C@H](CN(C)Cc1ccccc1)NS(=O)(=O)c1ccc2[nH]c(=O)ccc2c1. The van der Waals surface area contributed by atoms with Gasteiger partial charge in [0.05, 0.1) is 4.90 Å². The van der Waals surface area contributed by atoms with Crippen molar-refractivity contribution in [2.75, 3.05) is 13.6 Å². The van der Waals surface area contributed by atoms with Crippen LogP contribution in [0.25, 0.3) is 10.9 Å². The van der Waals surface area contributed by atoms with Gasteiger partial charge in [-0.2, -0.15) is 0 Å². The second-order valence-electron chi connectivity index (χ2n) is 6.98. The van der Waals surface area contributed by atoms with E-state index in [0.717, 1.165) is 6.54 Å². The van der Waals surface area contributed by atoms with Crippen molar-refractivity contribution in [3.05, 3.63) is 76.6 Å². The highest BCUT2D eigenvalue weighted by Crippen LogP contribution is 2.17. The Kier molecular flexibility index (Phi) is 6.28. The number of aromatic amines is 1. The number of sulfonamides is 1. The van der Waals surface area contributed by atoms with Gasteiger partial charge in [-0.05, 0) is 48.7 Å². The summed E-state index contributed by atoms with van der Waals surface area (Å²) in [5.41, 5.74) is 1.58. The van der Waals surface area contributed by atoms with Crippen LogP contribution in [0, 0.1) is 0 Å². The molecule has 0 bridgehead atoms. The van der Waals surface area contributed by atoms with Crippen LogP contribution in [0.15, 0.2) is 70.4 Å². The number of hydrogen-bond acceptors (Lipinski definition) is 4. The third kappa shape index (κ3) is 5.07. The van der Waals surface area contributed by atoms with Crippen molar-refractivity contribution in [1.29, 1.82) is 0 Å². The molecule has 1 atom stereocenters. The number of nitrogens with zero attached hydrogens (tertiary/aromatic N) is 1. The fraction of sp³-hybridized carbons (Fsp3) is 0.286. The molecule has 0 aliphatic rings. The van der Waals surface area contributed by atoms with Gasteiger partial charge in [-0.1, -0.05) is 37.3 Å². The molecule has 0 unspecified atom stereocenters. The molecule has 2 aromatic carbocycles. The van der Waals surface area contributed by atoms with Crippen LogP contribution in [0.2, 0.25) is 0 Å². The van der Waals surface area contributed by atoms with E-state index in [1.165, 1.54) is 17.7 Å². The molecule has 0 fully saturated rings. The molecular weight excluding hydrogens is 374 g/mol. The van der Waals surface area contributed by atoms with Crippen molar-refractivity contribution >= 4 is 20.9 Å². The average molecular weight is 400 g/mol. The maximum Gasteiger partial charge on any atom is 0.248 e. The maximum atomic E-state index is 12.9. The van der Waals surface area contributed by atoms with E-state index < -0.39 is 10.0 Å². The molecule has 0 saturated heterocycles. The van der Waals surface area contributed by atoms with Gasteiger partial charge >= 0.3 is 0 Å². The zero-order chi connectivity index (χ0) is 20.1. The summed E-state index contributed by atoms with van der Waals surface area (Å²) in [5.74, 6) is 0. The van der Waals surface area contributed by atoms with Crippen molar-refractivity contribution < 1.29 is 8.42 Å². The normalized spacial score (nSPS) is 13.1. The van der Waals surface area contributed by atoms with Crippen LogP contribution in [-0.2, 0) is 16.6 Å². The number of nitrogens with one attached hydrogen (secondary N) is 2. The molecule has 6 nitrogen and oxygen atoms in total. The lowest BCUT2D eigenvalue weighted by molar-refractivity contribution is 0.292. The van der Waals surface area contributed by atoms with Gasteiger partial charge in [0.25, 0.3) is 0 Å². The third-order valence-electron chi connectivity index (χ3n) is 4.65. The van der Waals surface area contributed by atoms with E-state index in [2.05, 4.69) is 26.7 Å². The molecule has 7 heteroatoms. The first-order valence-electron chi connectivity index (χ1n) is 9.25. The number of benzene rings is 2. The molecule has 3 aromatic rings. The van der Waals surface area contributed by atoms with E-state index in [0.29, 0.717) is 23.9 Å². The minimum absolute atomic E-state index is 0.191. The zero-order valence-electron chi connectivity index (χ0n) is 16.1. The Bertz CT molecular complexity index is 1090. The van der Waals surface area contributed by atoms with Crippen LogP contribution < -0.4 is 10.3 Å². The zero-order valence-corrected chi connectivity index (χ0v) is 16.9. The number of hydrogen-bond donors (Lipinski definition) is 2. The molecule has 3 rings (SSSR count). The van der Waals surface area contributed by atoms with Crippen LogP contribution in [-0.4, -0.2) is 37.9 Å². The summed E-state index contributed by atoms with van der Waals surface area (Å²) >= 11 is 0. The van der Waals surface area contributed by atoms with E-state index in [1.54, 1.807) is 18.2 Å². The molecule has 0 radical (unpaired) electrons. The predicted octanol–water partition coefficient (Wildman–Crippen LogP) is 2.72. The van der Waals surface area contributed by atoms with Crippen molar-refractivity contribution in [3.8, 4) is 0 Å². The van der Waals surface area contributed by atoms with Crippen LogP contribution in [0.1, 0.15) is 18.9 Å². The van der Waals surface area contributed by atoms with Crippen LogP contribution in [0.5, 0.6) is 0 Å². The molecule has 1 aromatic heterocycles. The highest BCUT2D eigenvalue weighted by atomic mass is 32.2. The molecular formula is C21H25N3O3S. The highest BCUT2D eigenvalue weighted by Gasteiger charge is 2.20. The number of rotatable bonds is 8. The summed E-state index contributed by atoms with van der Waals surface area (Å²) in [7, 11) is -1.68. The smallest absolute Gasteiger partial charge is 0.248 e. The molecule has 1 heterocycles. The minimum atomic E-state index is -3.66. The quantitative estimate of drug-likeness (QED) is 0.610. The van der Waals surface area contributed by atoms with Gasteiger partial charge in [-0.3, -0.25) is 4.79 Å². The molecule has 148 valence electrons. The maximum absolute atomic E-state index is 12.9. The van der Waals surface area contributed by atoms with E-state index in [4.69, 9.17) is 0 Å². The molecule has 2 N–H and O–H groups in total. The Morgan fingerprint density at radius 1 is 1.07 bits per heavy atom. The van der Waals surface area contributed by atoms with Crippen LogP contribution >= 0.6 is 0 Å². The highest BCUT2D eigenvalue weighted by molar-refractivity contribution is 7.89. The van der Waals surface area contributed by atoms with Gasteiger partial charge in [0.1, 0.15) is 0 Å². The number of aromatic nitrogens is 1. The van der Waals surface area contributed by atoms with Crippen molar-refractivity contribution in [2.45, 2.75) is 30.8 Å². The number of likely N-dealkylation sites (N-methyl/N-ethyl adjacent to an activating group) is 1. The minimum Gasteiger partial charge on any atom is -0.322 e. The summed E-state index contributed by atoms with van der Waals surface area (Å²) in [6, 6.07) is 17.6. The summed E-state index contributed by atoms with van der Waals surface area (Å²) in [6.45, 7) is 3.32. The first-order valence-corrected chi connectivity index (χ1v) is 10.7. The largest absolute Gasteiger partial charge is 0.322 e. The second-order valence-corrected chi connectivity index (χ2v) is 8.69. The fourth-order valence-electron chi connectivity index (χ4n) is 3.17. The van der Waals surface area contributed by atoms with Crippen LogP contribution in [0.3, 0.4) is 0 Å². The van der Waals surface area contributed by atoms with E-state index in [9.17, 15) is 13.2 Å². The molecule has 0 amide bonds. The van der Waals surface area contributed by atoms with E-state index >= 15 is 0 Å². The lowest BCUT2D eigenvalue weighted by Crippen LogP contribution is -2.42. The van der Waals surface area contributed by atoms with Gasteiger partial charge in [0, 0.05) is 30.7 Å². The first-order chi connectivity index (χ1) is 13.4. The second kappa shape index (κ2) is 8.68. The Morgan fingerprint density at radius 2 is 1.82 bits per heavy atom. The number of H-pyrrole nitrogens is 1. The Morgan fingerprint density at radius 3 is 2.54 bits per heavy atom. The molecule has 0 saturated carbocycles. The fourth-order valence-corrected chi connectivity index (χ4v) is 4.52. The lowest BCUT2D eigenvalue weighted by atomic mass is 10.2. The van der Waals surface area contributed by atoms with E-state index in [-0.39, 0.29) is 16.5 Å². The summed E-state index contributed by atoms with van der Waals surface area (Å²) < 4.78 is 28.5. The Balaban J connectivity index is 1.72. The molecule has 28 heavy (non-hydrogen) atoms. The van der Waals surface area contributed by atoms with Gasteiger partial charge in [0.2, 0.25) is 15.6 Å². The van der Waals surface area contributed by atoms with Crippen LogP contribution in [0.4, 0.5) is 0 Å². The Labute approximate surface area is 165 Å². The number of fused-ring (bicyclic) bond motifs is 1. The topological polar surface area (TPSA) is 82.3 Å². The summed E-state index contributed by atoms with van der Waals surface area (Å²) in [5, 5.41) is 0.678. The summed E-state index contributed by atoms with van der Waals surface area (Å²) in [6.07, 6.45) is 0.680. The predicted molar refractivity (Wildman–Crippen MR) is 112 cm³/mol. The van der Waals surface area contributed by atoms with Gasteiger partial charge < -0.3 is 9.88 Å². The molecule has 0 aliphatic carbocycles. The molecule has 0 aliphatic heterocycles. The average Bonchev–Trinajstić information content (AvgIpc) is 2.67. The standard InChI is InChI=1S/C21H25N3O3S/c1-3-18(15-24(2)14-16-7-5-4-6-8-16)23-28(26,27)19-10-11-20-17(13-19)9-12-21(25)22-20/h4-13,18,23H,3,14-15H2,1-2H3,(H,22,25)/t18-/m1/s1. The Hall–Kier alpha value is -2.48. The van der Waals surface area contributed by atoms with Crippen molar-refractivity contribution in [1.82, 2.24) is 14.6 Å².